The van der Waals surface area contributed by atoms with Gasteiger partial charge in [-0.3, -0.25) is 4.99 Å². The van der Waals surface area contributed by atoms with Crippen LogP contribution in [0.15, 0.2) is 4.99 Å². The molecule has 1 aliphatic heterocycles. The van der Waals surface area contributed by atoms with Crippen LogP contribution in [0.25, 0.3) is 0 Å². The summed E-state index contributed by atoms with van der Waals surface area (Å²) in [5, 5.41) is 0. The van der Waals surface area contributed by atoms with E-state index in [2.05, 4.69) is 4.99 Å². The molecule has 0 aromatic heterocycles. The molecule has 0 aromatic carbocycles. The Kier molecular flexibility index (Phi) is 1.42. The number of aliphatic imine (C=N–C) groups is 1. The molecule has 1 unspecified atom stereocenters. The third-order valence-electron chi connectivity index (χ3n) is 0.836. The van der Waals surface area contributed by atoms with Crippen LogP contribution in [0.3, 0.4) is 0 Å². The van der Waals surface area contributed by atoms with E-state index in [1.165, 1.54) is 0 Å². The molecule has 0 radical (unpaired) electrons. The number of rotatable bonds is 0. The fraction of sp³-hybridized carbons (Fsp3) is 0.800. The Bertz CT molecular complexity index is 94.4. The van der Waals surface area contributed by atoms with Crippen molar-refractivity contribution in [2.45, 2.75) is 12.8 Å². The smallest absolute Gasteiger partial charge is 0.137 e. The van der Waals surface area contributed by atoms with Gasteiger partial charge >= 0.3 is 0 Å². The lowest BCUT2D eigenvalue weighted by Gasteiger charge is -1.90. The molecule has 0 spiro atoms. The van der Waals surface area contributed by atoms with E-state index in [-0.39, 0.29) is 0 Å². The molecule has 0 fully saturated rings. The first-order chi connectivity index (χ1) is 3.89. The highest BCUT2D eigenvalue weighted by Gasteiger charge is 1.88. The predicted octanol–water partition coefficient (Wildman–Crippen LogP) is 0.825. The molecule has 1 aliphatic rings. The third kappa shape index (κ3) is 1.69. The number of hydrogen-bond donors (Lipinski definition) is 0. The van der Waals surface area contributed by atoms with Crippen LogP contribution in [0.4, 0.5) is 0 Å². The lowest BCUT2D eigenvalue weighted by Crippen LogP contribution is -1.88. The SMILES string of the molecule is [2H]C1N=CCCCO1. The van der Waals surface area contributed by atoms with Crippen molar-refractivity contribution in [3.63, 3.8) is 0 Å². The molecule has 1 rings (SSSR count). The van der Waals surface area contributed by atoms with E-state index in [1.54, 1.807) is 6.21 Å². The molecule has 0 aliphatic carbocycles. The Labute approximate surface area is 44.6 Å². The molecule has 40 valence electrons. The summed E-state index contributed by atoms with van der Waals surface area (Å²) < 4.78 is 11.9. The van der Waals surface area contributed by atoms with Crippen LogP contribution in [-0.2, 0) is 4.74 Å². The molecule has 0 amide bonds. The van der Waals surface area contributed by atoms with Gasteiger partial charge in [0.15, 0.2) is 0 Å². The molecule has 0 aromatic rings. The van der Waals surface area contributed by atoms with Gasteiger partial charge in [-0.15, -0.1) is 0 Å². The Hall–Kier alpha value is -0.370. The lowest BCUT2D eigenvalue weighted by atomic mass is 10.3. The minimum atomic E-state index is -0.655. The lowest BCUT2D eigenvalue weighted by molar-refractivity contribution is 0.146. The van der Waals surface area contributed by atoms with Crippen LogP contribution in [0.5, 0.6) is 0 Å². The largest absolute Gasteiger partial charge is 0.359 e. The van der Waals surface area contributed by atoms with Crippen molar-refractivity contribution < 1.29 is 6.11 Å². The van der Waals surface area contributed by atoms with Gasteiger partial charge in [0.05, 0.1) is 1.37 Å². The first-order valence-electron chi connectivity index (χ1n) is 3.03. The van der Waals surface area contributed by atoms with E-state index >= 15 is 0 Å². The van der Waals surface area contributed by atoms with Crippen LogP contribution >= 0.6 is 0 Å². The number of nitrogens with zero attached hydrogens (tertiary/aromatic N) is 1. The van der Waals surface area contributed by atoms with Crippen LogP contribution in [0.1, 0.15) is 14.2 Å². The maximum atomic E-state index is 6.99. The quantitative estimate of drug-likeness (QED) is 0.441. The van der Waals surface area contributed by atoms with Gasteiger partial charge in [-0.05, 0) is 12.8 Å². The Morgan fingerprint density at radius 2 is 2.86 bits per heavy atom. The van der Waals surface area contributed by atoms with Crippen LogP contribution in [-0.4, -0.2) is 19.5 Å². The van der Waals surface area contributed by atoms with Gasteiger partial charge in [0.2, 0.25) is 0 Å². The first kappa shape index (κ1) is 3.61. The first-order valence-corrected chi connectivity index (χ1v) is 2.45. The molecule has 1 atom stereocenters. The Balaban J connectivity index is 2.33. The summed E-state index contributed by atoms with van der Waals surface area (Å²) in [7, 11) is 0. The number of ether oxygens (including phenoxy) is 1. The summed E-state index contributed by atoms with van der Waals surface area (Å²) in [5.74, 6) is 0. The zero-order valence-electron chi connectivity index (χ0n) is 5.13. The monoisotopic (exact) mass is 100 g/mol. The molecule has 2 heteroatoms. The topological polar surface area (TPSA) is 21.6 Å². The molecule has 0 N–H and O–H groups in total. The average Bonchev–Trinajstić information content (AvgIpc) is 1.94. The van der Waals surface area contributed by atoms with E-state index in [4.69, 9.17) is 6.11 Å². The van der Waals surface area contributed by atoms with E-state index in [1.807, 2.05) is 0 Å². The molecule has 0 saturated carbocycles. The van der Waals surface area contributed by atoms with E-state index in [0.29, 0.717) is 6.61 Å². The second kappa shape index (κ2) is 2.75. The van der Waals surface area contributed by atoms with Crippen LogP contribution in [0, 0.1) is 0 Å². The summed E-state index contributed by atoms with van der Waals surface area (Å²) in [6.07, 6.45) is 3.71. The third-order valence-corrected chi connectivity index (χ3v) is 0.836. The highest BCUT2D eigenvalue weighted by Crippen LogP contribution is 1.91. The predicted molar refractivity (Wildman–Crippen MR) is 28.5 cm³/mol. The van der Waals surface area contributed by atoms with Gasteiger partial charge in [-0.25, -0.2) is 0 Å². The average molecular weight is 100 g/mol. The van der Waals surface area contributed by atoms with Crippen LogP contribution in [0.2, 0.25) is 0 Å². The van der Waals surface area contributed by atoms with Gasteiger partial charge < -0.3 is 4.74 Å². The second-order valence-corrected chi connectivity index (χ2v) is 1.45. The summed E-state index contributed by atoms with van der Waals surface area (Å²) in [6.45, 7) is 0.0197. The molecule has 0 bridgehead atoms. The normalized spacial score (nSPS) is 34.3. The molecular weight excluding hydrogens is 90.1 g/mol. The zero-order chi connectivity index (χ0) is 5.82. The van der Waals surface area contributed by atoms with Crippen molar-refractivity contribution in [2.24, 2.45) is 4.99 Å². The van der Waals surface area contributed by atoms with Gasteiger partial charge in [-0.1, -0.05) is 0 Å². The minimum absolute atomic E-state index is 0.655. The van der Waals surface area contributed by atoms with Gasteiger partial charge in [0.1, 0.15) is 6.71 Å². The van der Waals surface area contributed by atoms with Crippen molar-refractivity contribution in [3.05, 3.63) is 0 Å². The van der Waals surface area contributed by atoms with E-state index < -0.39 is 6.71 Å². The number of hydrogen-bond acceptors (Lipinski definition) is 2. The summed E-state index contributed by atoms with van der Waals surface area (Å²) in [6, 6.07) is 0. The van der Waals surface area contributed by atoms with Crippen molar-refractivity contribution in [1.29, 1.82) is 0 Å². The summed E-state index contributed by atoms with van der Waals surface area (Å²) >= 11 is 0. The van der Waals surface area contributed by atoms with Crippen molar-refractivity contribution in [2.75, 3.05) is 13.3 Å². The molecular formula is C5H9NO. The molecule has 0 saturated heterocycles. The van der Waals surface area contributed by atoms with Crippen molar-refractivity contribution in [1.82, 2.24) is 0 Å². The van der Waals surface area contributed by atoms with Gasteiger partial charge in [0.25, 0.3) is 0 Å². The van der Waals surface area contributed by atoms with E-state index in [9.17, 15) is 0 Å². The maximum Gasteiger partial charge on any atom is 0.137 e. The summed E-state index contributed by atoms with van der Waals surface area (Å²) in [4.78, 5) is 3.74. The highest BCUT2D eigenvalue weighted by atomic mass is 16.5. The Morgan fingerprint density at radius 1 is 1.86 bits per heavy atom. The summed E-state index contributed by atoms with van der Waals surface area (Å²) in [5.41, 5.74) is 0. The van der Waals surface area contributed by atoms with Crippen molar-refractivity contribution in [3.8, 4) is 0 Å². The highest BCUT2D eigenvalue weighted by molar-refractivity contribution is 5.56. The Morgan fingerprint density at radius 3 is 3.86 bits per heavy atom. The van der Waals surface area contributed by atoms with Crippen LogP contribution < -0.4 is 0 Å². The molecule has 1 heterocycles. The van der Waals surface area contributed by atoms with Gasteiger partial charge in [0, 0.05) is 12.8 Å². The fourth-order valence-corrected chi connectivity index (χ4v) is 0.471. The maximum absolute atomic E-state index is 6.99. The van der Waals surface area contributed by atoms with Gasteiger partial charge in [-0.2, -0.15) is 0 Å². The second-order valence-electron chi connectivity index (χ2n) is 1.45. The zero-order valence-corrected chi connectivity index (χ0v) is 4.13. The van der Waals surface area contributed by atoms with E-state index in [0.717, 1.165) is 12.8 Å². The standard InChI is InChI=1S/C5H9NO/c1-2-4-7-5-6-3-1/h3H,1-2,4-5H2/i5D. The van der Waals surface area contributed by atoms with Crippen molar-refractivity contribution >= 4 is 6.21 Å². The fourth-order valence-electron chi connectivity index (χ4n) is 0.471. The molecule has 2 nitrogen and oxygen atoms in total. The molecule has 7 heavy (non-hydrogen) atoms. The minimum Gasteiger partial charge on any atom is -0.359 e.